The first kappa shape index (κ1) is 37.1. The van der Waals surface area contributed by atoms with Crippen LogP contribution in [0.2, 0.25) is 0 Å². The third-order valence-corrected chi connectivity index (χ3v) is 10.6. The minimum Gasteiger partial charge on any atom is -0.455 e. The molecule has 3 aliphatic rings. The van der Waals surface area contributed by atoms with Crippen LogP contribution in [0.15, 0.2) is 85.3 Å². The molecule has 0 aliphatic carbocycles. The maximum Gasteiger partial charge on any atom is 0.262 e. The van der Waals surface area contributed by atoms with E-state index in [1.165, 1.54) is 6.33 Å². The lowest BCUT2D eigenvalue weighted by Gasteiger charge is -2.38. The maximum atomic E-state index is 13.3. The number of ether oxygens (including phenoxy) is 1. The normalized spacial score (nSPS) is 17.9. The lowest BCUT2D eigenvalue weighted by Crippen LogP contribution is -2.54. The van der Waals surface area contributed by atoms with Crippen LogP contribution in [0.1, 0.15) is 56.8 Å². The van der Waals surface area contributed by atoms with Gasteiger partial charge in [0.2, 0.25) is 11.8 Å². The van der Waals surface area contributed by atoms with Crippen LogP contribution < -0.4 is 20.3 Å². The number of pyridine rings is 1. The van der Waals surface area contributed by atoms with E-state index in [1.807, 2.05) is 74.5 Å². The Labute approximate surface area is 328 Å². The molecule has 5 heterocycles. The average Bonchev–Trinajstić information content (AvgIpc) is 3.46. The zero-order valence-electron chi connectivity index (χ0n) is 31.5. The molecule has 2 unspecified atom stereocenters. The summed E-state index contributed by atoms with van der Waals surface area (Å²) in [5, 5.41) is 6.51. The maximum absolute atomic E-state index is 13.3. The predicted octanol–water partition coefficient (Wildman–Crippen LogP) is 5.37. The highest BCUT2D eigenvalue weighted by molar-refractivity contribution is 6.23. The zero-order chi connectivity index (χ0) is 39.6. The second kappa shape index (κ2) is 15.7. The summed E-state index contributed by atoms with van der Waals surface area (Å²) in [5.41, 5.74) is 5.74. The Morgan fingerprint density at radius 1 is 0.895 bits per heavy atom. The van der Waals surface area contributed by atoms with E-state index in [1.54, 1.807) is 24.4 Å². The van der Waals surface area contributed by atoms with Crippen LogP contribution in [0, 0.1) is 13.8 Å². The number of aldehydes is 1. The molecule has 3 aromatic carbocycles. The third kappa shape index (κ3) is 7.71. The summed E-state index contributed by atoms with van der Waals surface area (Å²) >= 11 is 0. The molecular formula is C43H40N8O6. The smallest absolute Gasteiger partial charge is 0.262 e. The van der Waals surface area contributed by atoms with Gasteiger partial charge in [-0.15, -0.1) is 0 Å². The van der Waals surface area contributed by atoms with Crippen molar-refractivity contribution < 1.29 is 28.7 Å². The molecule has 2 saturated heterocycles. The van der Waals surface area contributed by atoms with E-state index < -0.39 is 29.7 Å². The number of piperazine rings is 1. The minimum absolute atomic E-state index is 0.0657. The summed E-state index contributed by atoms with van der Waals surface area (Å²) < 4.78 is 6.03. The molecule has 5 aromatic rings. The first-order chi connectivity index (χ1) is 27.6. The Morgan fingerprint density at radius 3 is 2.47 bits per heavy atom. The van der Waals surface area contributed by atoms with Gasteiger partial charge in [-0.2, -0.15) is 0 Å². The zero-order valence-corrected chi connectivity index (χ0v) is 31.5. The van der Waals surface area contributed by atoms with Gasteiger partial charge >= 0.3 is 0 Å². The van der Waals surface area contributed by atoms with Crippen LogP contribution in [-0.4, -0.2) is 92.9 Å². The second-order valence-corrected chi connectivity index (χ2v) is 14.4. The molecule has 2 atom stereocenters. The molecule has 0 radical (unpaired) electrons. The molecule has 2 aromatic heterocycles. The fourth-order valence-corrected chi connectivity index (χ4v) is 7.50. The molecular weight excluding hydrogens is 725 g/mol. The summed E-state index contributed by atoms with van der Waals surface area (Å²) in [4.78, 5) is 81.3. The molecule has 8 rings (SSSR count). The molecule has 0 spiro atoms. The number of carbonyl (C=O) groups excluding carboxylic acids is 5. The van der Waals surface area contributed by atoms with Gasteiger partial charge in [0.1, 0.15) is 36.0 Å². The number of nitrogens with zero attached hydrogens (tertiary/aromatic N) is 6. The number of amides is 4. The van der Waals surface area contributed by atoms with Gasteiger partial charge in [0.15, 0.2) is 0 Å². The van der Waals surface area contributed by atoms with Crippen LogP contribution in [0.3, 0.4) is 0 Å². The second-order valence-electron chi connectivity index (χ2n) is 14.4. The third-order valence-electron chi connectivity index (χ3n) is 10.6. The minimum atomic E-state index is -1.01. The van der Waals surface area contributed by atoms with Gasteiger partial charge < -0.3 is 19.7 Å². The van der Waals surface area contributed by atoms with Gasteiger partial charge in [-0.05, 0) is 98.5 Å². The largest absolute Gasteiger partial charge is 0.455 e. The average molecular weight is 765 g/mol. The number of fused-ring (bicyclic) bond motifs is 2. The Bertz CT molecular complexity index is 2440. The SMILES string of the molecule is Cc1ccc(Oc2ccc(Nc3ncnc4ccc(/C=C/CC(C=O)N5CCN(c6ccc7c(c6)C(=O)N(C6CCC(=O)NC6=O)C7=O)CC5)cc34)cc2C)cn1. The van der Waals surface area contributed by atoms with Crippen LogP contribution in [-0.2, 0) is 14.4 Å². The van der Waals surface area contributed by atoms with Crippen molar-refractivity contribution in [2.24, 2.45) is 0 Å². The van der Waals surface area contributed by atoms with E-state index in [2.05, 4.69) is 35.4 Å². The molecule has 4 amide bonds. The number of aryl methyl sites for hydroxylation is 2. The molecule has 0 saturated carbocycles. The number of imide groups is 2. The highest BCUT2D eigenvalue weighted by Gasteiger charge is 2.44. The van der Waals surface area contributed by atoms with E-state index in [9.17, 15) is 24.0 Å². The van der Waals surface area contributed by atoms with E-state index in [4.69, 9.17) is 4.74 Å². The van der Waals surface area contributed by atoms with Crippen molar-refractivity contribution in [3.05, 3.63) is 113 Å². The summed E-state index contributed by atoms with van der Waals surface area (Å²) in [6.07, 6.45) is 8.92. The van der Waals surface area contributed by atoms with Crippen molar-refractivity contribution >= 4 is 64.1 Å². The number of anilines is 3. The van der Waals surface area contributed by atoms with Gasteiger partial charge in [-0.25, -0.2) is 9.97 Å². The number of hydrogen-bond acceptors (Lipinski definition) is 12. The summed E-state index contributed by atoms with van der Waals surface area (Å²) in [5.74, 6) is -0.0432. The number of aromatic nitrogens is 3. The first-order valence-electron chi connectivity index (χ1n) is 18.8. The molecule has 2 fully saturated rings. The molecule has 3 aliphatic heterocycles. The standard InChI is InChI=1S/C43H40N8O6/c1-26-20-29(8-14-38(26)57-32-10-6-27(2)44-23-32)47-40-35-21-28(7-12-36(35)45-25-46-40)4-3-5-31(24-52)50-18-16-49(17-19-50)30-9-11-33-34(22-30)43(56)51(42(33)55)37-13-15-39(53)48-41(37)54/h3-4,6-12,14,20-25,31,37H,5,13,15-19H2,1-2H3,(H,45,46,47)(H,48,53,54)/b4-3+. The van der Waals surface area contributed by atoms with E-state index in [0.29, 0.717) is 44.2 Å². The van der Waals surface area contributed by atoms with Gasteiger partial charge in [-0.3, -0.25) is 39.3 Å². The highest BCUT2D eigenvalue weighted by Crippen LogP contribution is 2.32. The van der Waals surface area contributed by atoms with Gasteiger partial charge in [0, 0.05) is 55.1 Å². The van der Waals surface area contributed by atoms with E-state index in [-0.39, 0.29) is 30.0 Å². The Hall–Kier alpha value is -6.80. The number of rotatable bonds is 11. The van der Waals surface area contributed by atoms with Gasteiger partial charge in [0.25, 0.3) is 11.8 Å². The fourth-order valence-electron chi connectivity index (χ4n) is 7.50. The summed E-state index contributed by atoms with van der Waals surface area (Å²) in [6.45, 7) is 6.40. The summed E-state index contributed by atoms with van der Waals surface area (Å²) in [6, 6.07) is 19.4. The van der Waals surface area contributed by atoms with Crippen molar-refractivity contribution in [3.8, 4) is 11.5 Å². The molecule has 2 N–H and O–H groups in total. The van der Waals surface area contributed by atoms with Crippen molar-refractivity contribution in [1.29, 1.82) is 0 Å². The summed E-state index contributed by atoms with van der Waals surface area (Å²) in [7, 11) is 0. The molecule has 14 heteroatoms. The number of hydrogen-bond donors (Lipinski definition) is 2. The van der Waals surface area contributed by atoms with Crippen LogP contribution in [0.4, 0.5) is 17.2 Å². The van der Waals surface area contributed by atoms with Crippen LogP contribution in [0.25, 0.3) is 17.0 Å². The fraction of sp³-hybridized carbons (Fsp3) is 0.256. The molecule has 0 bridgehead atoms. The van der Waals surface area contributed by atoms with Crippen LogP contribution >= 0.6 is 0 Å². The van der Waals surface area contributed by atoms with Crippen molar-refractivity contribution in [3.63, 3.8) is 0 Å². The lowest BCUT2D eigenvalue weighted by atomic mass is 10.0. The van der Waals surface area contributed by atoms with Crippen molar-refractivity contribution in [2.75, 3.05) is 36.4 Å². The Kier molecular flexibility index (Phi) is 10.3. The number of carbonyl (C=O) groups is 5. The predicted molar refractivity (Wildman–Crippen MR) is 213 cm³/mol. The lowest BCUT2D eigenvalue weighted by molar-refractivity contribution is -0.136. The first-order valence-corrected chi connectivity index (χ1v) is 18.8. The quantitative estimate of drug-likeness (QED) is 0.131. The van der Waals surface area contributed by atoms with Crippen molar-refractivity contribution in [1.82, 2.24) is 30.1 Å². The molecule has 14 nitrogen and oxygen atoms in total. The topological polar surface area (TPSA) is 167 Å². The number of piperidine rings is 1. The van der Waals surface area contributed by atoms with Crippen molar-refractivity contribution in [2.45, 2.75) is 45.2 Å². The number of benzene rings is 3. The van der Waals surface area contributed by atoms with Gasteiger partial charge in [-0.1, -0.05) is 18.2 Å². The van der Waals surface area contributed by atoms with Gasteiger partial charge in [0.05, 0.1) is 28.9 Å². The molecule has 288 valence electrons. The van der Waals surface area contributed by atoms with E-state index in [0.717, 1.165) is 56.0 Å². The monoisotopic (exact) mass is 764 g/mol. The Morgan fingerprint density at radius 2 is 1.72 bits per heavy atom. The van der Waals surface area contributed by atoms with E-state index >= 15 is 0 Å². The number of nitrogens with one attached hydrogen (secondary N) is 2. The highest BCUT2D eigenvalue weighted by atomic mass is 16.5. The molecule has 57 heavy (non-hydrogen) atoms. The van der Waals surface area contributed by atoms with Crippen LogP contribution in [0.5, 0.6) is 11.5 Å². The Balaban J connectivity index is 0.882.